The van der Waals surface area contributed by atoms with Crippen LogP contribution in [0.25, 0.3) is 0 Å². The number of nitrogens with zero attached hydrogens (tertiary/aromatic N) is 1. The number of hydrogen-bond acceptors (Lipinski definition) is 4. The van der Waals surface area contributed by atoms with E-state index in [4.69, 9.17) is 0 Å². The van der Waals surface area contributed by atoms with Crippen LogP contribution in [0.15, 0.2) is 24.5 Å². The maximum Gasteiger partial charge on any atom is 0.220 e. The number of nitrogens with one attached hydrogen (secondary N) is 2. The predicted molar refractivity (Wildman–Crippen MR) is 119 cm³/mol. The van der Waals surface area contributed by atoms with Gasteiger partial charge in [0, 0.05) is 37.4 Å². The molecule has 3 aliphatic rings. The number of carbonyl (C=O) groups is 1. The molecular weight excluding hydrogens is 374 g/mol. The highest BCUT2D eigenvalue weighted by molar-refractivity contribution is 5.75. The Morgan fingerprint density at radius 3 is 2.70 bits per heavy atom. The van der Waals surface area contributed by atoms with Crippen LogP contribution in [0.5, 0.6) is 0 Å². The maximum atomic E-state index is 12.7. The zero-order valence-electron chi connectivity index (χ0n) is 18.9. The molecule has 5 heteroatoms. The van der Waals surface area contributed by atoms with E-state index >= 15 is 0 Å². The number of fused-ring (bicyclic) bond motifs is 1. The van der Waals surface area contributed by atoms with Crippen LogP contribution < -0.4 is 10.6 Å². The summed E-state index contributed by atoms with van der Waals surface area (Å²) in [5.41, 5.74) is 0.729. The van der Waals surface area contributed by atoms with Crippen LogP contribution in [0, 0.1) is 16.7 Å². The van der Waals surface area contributed by atoms with Gasteiger partial charge < -0.3 is 15.7 Å². The van der Waals surface area contributed by atoms with Crippen molar-refractivity contribution in [1.82, 2.24) is 15.6 Å². The Hall–Kier alpha value is -1.46. The summed E-state index contributed by atoms with van der Waals surface area (Å²) in [5.74, 6) is 0.564. The van der Waals surface area contributed by atoms with Crippen LogP contribution >= 0.6 is 0 Å². The molecule has 0 aromatic carbocycles. The topological polar surface area (TPSA) is 74.2 Å². The standard InChI is InChI=1S/C25H39N3O2/c1-23(2)15-21(28-19-7-4-8-19)25(12-11-24(3,30)14-20(23)25)10-9-22(29)27-17-18-6-5-13-26-16-18/h5-6,13,16,19-21,28,30H,4,7-12,14-15,17H2,1-3H3,(H,27,29)/t20-,21-,24-,25-/m0/s1. The smallest absolute Gasteiger partial charge is 0.220 e. The maximum absolute atomic E-state index is 12.7. The molecule has 0 spiro atoms. The Kier molecular flexibility index (Phi) is 5.97. The van der Waals surface area contributed by atoms with Crippen LogP contribution in [0.3, 0.4) is 0 Å². The van der Waals surface area contributed by atoms with Gasteiger partial charge in [-0.15, -0.1) is 0 Å². The lowest BCUT2D eigenvalue weighted by Gasteiger charge is -2.51. The zero-order chi connectivity index (χ0) is 21.4. The van der Waals surface area contributed by atoms with E-state index in [0.717, 1.165) is 37.7 Å². The largest absolute Gasteiger partial charge is 0.390 e. The highest BCUT2D eigenvalue weighted by Crippen LogP contribution is 2.64. The Bertz CT molecular complexity index is 744. The van der Waals surface area contributed by atoms with Gasteiger partial charge in [-0.2, -0.15) is 0 Å². The molecule has 1 heterocycles. The third-order valence-corrected chi connectivity index (χ3v) is 8.41. The SMILES string of the molecule is CC1(C)C[C@H](NC2CCC2)[C@@]2(CCC(=O)NCc3cccnc3)CC[C@](C)(O)C[C@@H]12. The van der Waals surface area contributed by atoms with E-state index in [2.05, 4.69) is 29.5 Å². The van der Waals surface area contributed by atoms with Gasteiger partial charge in [-0.3, -0.25) is 9.78 Å². The van der Waals surface area contributed by atoms with E-state index in [9.17, 15) is 9.90 Å². The summed E-state index contributed by atoms with van der Waals surface area (Å²) in [6.45, 7) is 7.28. The first-order valence-corrected chi connectivity index (χ1v) is 11.8. The molecule has 3 N–H and O–H groups in total. The van der Waals surface area contributed by atoms with Gasteiger partial charge in [0.1, 0.15) is 0 Å². The van der Waals surface area contributed by atoms with Gasteiger partial charge in [0.15, 0.2) is 0 Å². The molecule has 30 heavy (non-hydrogen) atoms. The molecule has 5 nitrogen and oxygen atoms in total. The fourth-order valence-corrected chi connectivity index (χ4v) is 6.46. The molecule has 0 aliphatic heterocycles. The van der Waals surface area contributed by atoms with Crippen molar-refractivity contribution >= 4 is 5.91 Å². The highest BCUT2D eigenvalue weighted by atomic mass is 16.3. The van der Waals surface area contributed by atoms with Crippen LogP contribution in [0.2, 0.25) is 0 Å². The molecule has 1 aromatic rings. The third-order valence-electron chi connectivity index (χ3n) is 8.41. The Balaban J connectivity index is 1.46. The first-order chi connectivity index (χ1) is 14.2. The summed E-state index contributed by atoms with van der Waals surface area (Å²) in [5, 5.41) is 18.0. The van der Waals surface area contributed by atoms with Crippen molar-refractivity contribution < 1.29 is 9.90 Å². The Labute approximate surface area is 181 Å². The first kappa shape index (κ1) is 21.8. The molecule has 0 radical (unpaired) electrons. The Morgan fingerprint density at radius 1 is 1.23 bits per heavy atom. The van der Waals surface area contributed by atoms with Crippen LogP contribution in [0.1, 0.15) is 84.1 Å². The summed E-state index contributed by atoms with van der Waals surface area (Å²) in [6, 6.07) is 4.98. The van der Waals surface area contributed by atoms with Gasteiger partial charge in [0.2, 0.25) is 5.91 Å². The second-order valence-electron chi connectivity index (χ2n) is 11.2. The molecule has 3 saturated carbocycles. The molecule has 0 saturated heterocycles. The minimum Gasteiger partial charge on any atom is -0.390 e. The third kappa shape index (κ3) is 4.43. The van der Waals surface area contributed by atoms with E-state index in [1.165, 1.54) is 19.3 Å². The molecule has 0 unspecified atom stereocenters. The van der Waals surface area contributed by atoms with Crippen molar-refractivity contribution in [1.29, 1.82) is 0 Å². The quantitative estimate of drug-likeness (QED) is 0.633. The van der Waals surface area contributed by atoms with Gasteiger partial charge in [0.25, 0.3) is 0 Å². The average molecular weight is 414 g/mol. The summed E-state index contributed by atoms with van der Waals surface area (Å²) >= 11 is 0. The molecule has 4 atom stereocenters. The number of rotatable bonds is 7. The lowest BCUT2D eigenvalue weighted by molar-refractivity contribution is -0.123. The van der Waals surface area contributed by atoms with Crippen molar-refractivity contribution in [2.24, 2.45) is 16.7 Å². The Morgan fingerprint density at radius 2 is 2.03 bits per heavy atom. The monoisotopic (exact) mass is 413 g/mol. The molecule has 1 amide bonds. The predicted octanol–water partition coefficient (Wildman–Crippen LogP) is 3.96. The van der Waals surface area contributed by atoms with E-state index in [-0.39, 0.29) is 16.7 Å². The van der Waals surface area contributed by atoms with E-state index in [0.29, 0.717) is 31.0 Å². The minimum atomic E-state index is -0.584. The average Bonchev–Trinajstić information content (AvgIpc) is 2.88. The van der Waals surface area contributed by atoms with Crippen molar-refractivity contribution in [2.45, 2.75) is 103 Å². The number of pyridine rings is 1. The molecule has 166 valence electrons. The highest BCUT2D eigenvalue weighted by Gasteiger charge is 2.61. The fraction of sp³-hybridized carbons (Fsp3) is 0.760. The number of carbonyl (C=O) groups excluding carboxylic acids is 1. The molecule has 3 aliphatic carbocycles. The zero-order valence-corrected chi connectivity index (χ0v) is 18.9. The molecule has 1 aromatic heterocycles. The first-order valence-electron chi connectivity index (χ1n) is 11.8. The fourth-order valence-electron chi connectivity index (χ4n) is 6.46. The number of hydrogen-bond donors (Lipinski definition) is 3. The van der Waals surface area contributed by atoms with Gasteiger partial charge in [-0.1, -0.05) is 26.3 Å². The minimum absolute atomic E-state index is 0.104. The molecule has 3 fully saturated rings. The summed E-state index contributed by atoms with van der Waals surface area (Å²) in [4.78, 5) is 16.8. The summed E-state index contributed by atoms with van der Waals surface area (Å²) in [7, 11) is 0. The van der Waals surface area contributed by atoms with Crippen molar-refractivity contribution in [3.8, 4) is 0 Å². The van der Waals surface area contributed by atoms with Crippen molar-refractivity contribution in [3.05, 3.63) is 30.1 Å². The van der Waals surface area contributed by atoms with Gasteiger partial charge in [-0.05, 0) is 80.2 Å². The van der Waals surface area contributed by atoms with Gasteiger partial charge >= 0.3 is 0 Å². The van der Waals surface area contributed by atoms with Crippen LogP contribution in [-0.2, 0) is 11.3 Å². The molecule has 0 bridgehead atoms. The second kappa shape index (κ2) is 8.23. The van der Waals surface area contributed by atoms with E-state index in [1.54, 1.807) is 12.4 Å². The number of aliphatic hydroxyl groups is 1. The normalized spacial score (nSPS) is 35.5. The summed E-state index contributed by atoms with van der Waals surface area (Å²) < 4.78 is 0. The van der Waals surface area contributed by atoms with Crippen molar-refractivity contribution in [2.75, 3.05) is 0 Å². The van der Waals surface area contributed by atoms with Gasteiger partial charge in [0.05, 0.1) is 5.60 Å². The molecule has 4 rings (SSSR count). The van der Waals surface area contributed by atoms with Gasteiger partial charge in [-0.25, -0.2) is 0 Å². The lowest BCUT2D eigenvalue weighted by Crippen LogP contribution is -2.54. The summed E-state index contributed by atoms with van der Waals surface area (Å²) in [6.07, 6.45) is 12.7. The molecular formula is C25H39N3O2. The van der Waals surface area contributed by atoms with Crippen molar-refractivity contribution in [3.63, 3.8) is 0 Å². The number of aromatic nitrogens is 1. The van der Waals surface area contributed by atoms with Crippen LogP contribution in [-0.4, -0.2) is 33.7 Å². The van der Waals surface area contributed by atoms with Crippen LogP contribution in [0.4, 0.5) is 0 Å². The second-order valence-corrected chi connectivity index (χ2v) is 11.2. The lowest BCUT2D eigenvalue weighted by atomic mass is 9.57. The van der Waals surface area contributed by atoms with E-state index in [1.807, 2.05) is 19.1 Å². The number of amides is 1. The van der Waals surface area contributed by atoms with E-state index < -0.39 is 5.60 Å².